The molecule has 0 spiro atoms. The Bertz CT molecular complexity index is 894. The molecule has 0 atom stereocenters. The van der Waals surface area contributed by atoms with Crippen LogP contribution >= 0.6 is 0 Å². The highest BCUT2D eigenvalue weighted by Crippen LogP contribution is 2.22. The van der Waals surface area contributed by atoms with Crippen LogP contribution in [0.5, 0.6) is 0 Å². The van der Waals surface area contributed by atoms with Crippen molar-refractivity contribution in [3.63, 3.8) is 0 Å². The Hall–Kier alpha value is -2.26. The summed E-state index contributed by atoms with van der Waals surface area (Å²) in [6, 6.07) is 14.0. The number of amides is 1. The molecule has 1 N–H and O–H groups in total. The highest BCUT2D eigenvalue weighted by atomic mass is 32.2. The first kappa shape index (κ1) is 19.5. The minimum absolute atomic E-state index is 0.125. The van der Waals surface area contributed by atoms with Gasteiger partial charge in [0.25, 0.3) is 5.91 Å². The SMILES string of the molecule is Cc1ccc(C(=O)NOCc2ccccc2)cc1S(=O)(=O)N1CCOCC1. The molecule has 27 heavy (non-hydrogen) atoms. The van der Waals surface area contributed by atoms with Gasteiger partial charge < -0.3 is 4.74 Å². The molecule has 0 saturated carbocycles. The summed E-state index contributed by atoms with van der Waals surface area (Å²) in [5.74, 6) is -0.496. The number of hydroxylamine groups is 1. The van der Waals surface area contributed by atoms with E-state index in [1.807, 2.05) is 30.3 Å². The molecule has 1 fully saturated rings. The summed E-state index contributed by atoms with van der Waals surface area (Å²) >= 11 is 0. The summed E-state index contributed by atoms with van der Waals surface area (Å²) < 4.78 is 32.4. The average Bonchev–Trinajstić information content (AvgIpc) is 2.69. The van der Waals surface area contributed by atoms with Gasteiger partial charge in [-0.25, -0.2) is 13.9 Å². The van der Waals surface area contributed by atoms with Gasteiger partial charge >= 0.3 is 0 Å². The van der Waals surface area contributed by atoms with E-state index in [0.29, 0.717) is 31.9 Å². The highest BCUT2D eigenvalue weighted by Gasteiger charge is 2.28. The third kappa shape index (κ3) is 4.72. The van der Waals surface area contributed by atoms with Crippen molar-refractivity contribution in [2.24, 2.45) is 0 Å². The number of rotatable bonds is 6. The molecular formula is C19H22N2O5S. The topological polar surface area (TPSA) is 84.9 Å². The maximum atomic E-state index is 12.9. The monoisotopic (exact) mass is 390 g/mol. The lowest BCUT2D eigenvalue weighted by atomic mass is 10.1. The van der Waals surface area contributed by atoms with Crippen LogP contribution in [0.4, 0.5) is 0 Å². The fraction of sp³-hybridized carbons (Fsp3) is 0.316. The van der Waals surface area contributed by atoms with E-state index in [-0.39, 0.29) is 17.1 Å². The van der Waals surface area contributed by atoms with Gasteiger partial charge in [-0.05, 0) is 30.2 Å². The Balaban J connectivity index is 1.71. The zero-order valence-corrected chi connectivity index (χ0v) is 15.9. The Kier molecular flexibility index (Phi) is 6.22. The van der Waals surface area contributed by atoms with Crippen LogP contribution in [0.2, 0.25) is 0 Å². The Morgan fingerprint density at radius 2 is 1.85 bits per heavy atom. The first-order valence-corrected chi connectivity index (χ1v) is 10.1. The maximum Gasteiger partial charge on any atom is 0.274 e. The molecule has 1 aliphatic heterocycles. The van der Waals surface area contributed by atoms with Crippen molar-refractivity contribution >= 4 is 15.9 Å². The van der Waals surface area contributed by atoms with Crippen molar-refractivity contribution in [2.45, 2.75) is 18.4 Å². The summed E-state index contributed by atoms with van der Waals surface area (Å²) in [5.41, 5.74) is 4.08. The number of sulfonamides is 1. The minimum atomic E-state index is -3.68. The molecule has 0 aromatic heterocycles. The fourth-order valence-corrected chi connectivity index (χ4v) is 4.42. The van der Waals surface area contributed by atoms with E-state index in [0.717, 1.165) is 5.56 Å². The van der Waals surface area contributed by atoms with Gasteiger partial charge in [-0.2, -0.15) is 4.31 Å². The van der Waals surface area contributed by atoms with Crippen LogP contribution in [0.3, 0.4) is 0 Å². The van der Waals surface area contributed by atoms with Crippen LogP contribution in [-0.2, 0) is 26.2 Å². The molecule has 1 saturated heterocycles. The van der Waals surface area contributed by atoms with E-state index in [1.165, 1.54) is 10.4 Å². The van der Waals surface area contributed by atoms with Crippen molar-refractivity contribution < 1.29 is 22.8 Å². The zero-order valence-electron chi connectivity index (χ0n) is 15.1. The first-order valence-electron chi connectivity index (χ1n) is 8.63. The fourth-order valence-electron chi connectivity index (χ4n) is 2.76. The molecule has 1 amide bonds. The van der Waals surface area contributed by atoms with Crippen molar-refractivity contribution in [3.05, 3.63) is 65.2 Å². The van der Waals surface area contributed by atoms with E-state index in [4.69, 9.17) is 9.57 Å². The van der Waals surface area contributed by atoms with Crippen LogP contribution in [0, 0.1) is 6.92 Å². The number of carbonyl (C=O) groups excluding carboxylic acids is 1. The molecule has 2 aromatic rings. The van der Waals surface area contributed by atoms with Crippen LogP contribution in [0.15, 0.2) is 53.4 Å². The van der Waals surface area contributed by atoms with E-state index < -0.39 is 15.9 Å². The second-order valence-corrected chi connectivity index (χ2v) is 8.11. The molecular weight excluding hydrogens is 368 g/mol. The third-order valence-electron chi connectivity index (χ3n) is 4.28. The van der Waals surface area contributed by atoms with Crippen molar-refractivity contribution in [1.29, 1.82) is 0 Å². The Morgan fingerprint density at radius 1 is 1.15 bits per heavy atom. The molecule has 0 bridgehead atoms. The number of aryl methyl sites for hydroxylation is 1. The lowest BCUT2D eigenvalue weighted by molar-refractivity contribution is 0.0233. The number of hydrogen-bond donors (Lipinski definition) is 1. The van der Waals surface area contributed by atoms with Gasteiger partial charge in [-0.1, -0.05) is 36.4 Å². The van der Waals surface area contributed by atoms with Gasteiger partial charge in [-0.15, -0.1) is 0 Å². The smallest absolute Gasteiger partial charge is 0.274 e. The van der Waals surface area contributed by atoms with E-state index in [2.05, 4.69) is 5.48 Å². The normalized spacial score (nSPS) is 15.4. The van der Waals surface area contributed by atoms with Gasteiger partial charge in [-0.3, -0.25) is 9.63 Å². The Morgan fingerprint density at radius 3 is 2.56 bits per heavy atom. The molecule has 0 unspecified atom stereocenters. The number of nitrogens with one attached hydrogen (secondary N) is 1. The number of hydrogen-bond acceptors (Lipinski definition) is 5. The second-order valence-electron chi connectivity index (χ2n) is 6.20. The average molecular weight is 390 g/mol. The molecule has 1 aliphatic rings. The largest absolute Gasteiger partial charge is 0.379 e. The second kappa shape index (κ2) is 8.62. The summed E-state index contributed by atoms with van der Waals surface area (Å²) in [4.78, 5) is 17.7. The van der Waals surface area contributed by atoms with Crippen LogP contribution < -0.4 is 5.48 Å². The van der Waals surface area contributed by atoms with Gasteiger partial charge in [0.1, 0.15) is 0 Å². The number of benzene rings is 2. The first-order chi connectivity index (χ1) is 13.0. The van der Waals surface area contributed by atoms with Gasteiger partial charge in [0.2, 0.25) is 10.0 Å². The predicted octanol–water partition coefficient (Wildman–Crippen LogP) is 1.88. The molecule has 2 aromatic carbocycles. The number of nitrogens with zero attached hydrogens (tertiary/aromatic N) is 1. The van der Waals surface area contributed by atoms with E-state index >= 15 is 0 Å². The minimum Gasteiger partial charge on any atom is -0.379 e. The van der Waals surface area contributed by atoms with Crippen LogP contribution in [0.1, 0.15) is 21.5 Å². The van der Waals surface area contributed by atoms with Gasteiger partial charge in [0, 0.05) is 18.7 Å². The molecule has 0 aliphatic carbocycles. The predicted molar refractivity (Wildman–Crippen MR) is 99.5 cm³/mol. The van der Waals surface area contributed by atoms with Crippen LogP contribution in [-0.4, -0.2) is 44.9 Å². The summed E-state index contributed by atoms with van der Waals surface area (Å²) in [5, 5.41) is 0. The quantitative estimate of drug-likeness (QED) is 0.762. The lowest BCUT2D eigenvalue weighted by Gasteiger charge is -2.26. The lowest BCUT2D eigenvalue weighted by Crippen LogP contribution is -2.41. The van der Waals surface area contributed by atoms with Gasteiger partial charge in [0.15, 0.2) is 0 Å². The third-order valence-corrected chi connectivity index (χ3v) is 6.33. The van der Waals surface area contributed by atoms with Crippen molar-refractivity contribution in [1.82, 2.24) is 9.79 Å². The maximum absolute atomic E-state index is 12.9. The Labute approximate surface area is 158 Å². The molecule has 1 heterocycles. The molecule has 3 rings (SSSR count). The van der Waals surface area contributed by atoms with E-state index in [9.17, 15) is 13.2 Å². The van der Waals surface area contributed by atoms with E-state index in [1.54, 1.807) is 19.1 Å². The van der Waals surface area contributed by atoms with Crippen molar-refractivity contribution in [2.75, 3.05) is 26.3 Å². The summed E-state index contributed by atoms with van der Waals surface area (Å²) in [6.45, 7) is 3.27. The number of ether oxygens (including phenoxy) is 1. The van der Waals surface area contributed by atoms with Crippen LogP contribution in [0.25, 0.3) is 0 Å². The molecule has 144 valence electrons. The highest BCUT2D eigenvalue weighted by molar-refractivity contribution is 7.89. The molecule has 8 heteroatoms. The van der Waals surface area contributed by atoms with Crippen molar-refractivity contribution in [3.8, 4) is 0 Å². The molecule has 7 nitrogen and oxygen atoms in total. The summed E-state index contributed by atoms with van der Waals surface area (Å²) in [6.07, 6.45) is 0. The standard InChI is InChI=1S/C19H22N2O5S/c1-15-7-8-17(19(22)20-26-14-16-5-3-2-4-6-16)13-18(15)27(23,24)21-9-11-25-12-10-21/h2-8,13H,9-12,14H2,1H3,(H,20,22). The van der Waals surface area contributed by atoms with Gasteiger partial charge in [0.05, 0.1) is 24.7 Å². The number of carbonyl (C=O) groups is 1. The summed E-state index contributed by atoms with van der Waals surface area (Å²) in [7, 11) is -3.68. The zero-order chi connectivity index (χ0) is 19.3. The number of morpholine rings is 1. The molecule has 0 radical (unpaired) electrons.